The van der Waals surface area contributed by atoms with E-state index in [1.54, 1.807) is 6.92 Å². The molecule has 0 aromatic heterocycles. The van der Waals surface area contributed by atoms with Crippen molar-refractivity contribution in [1.82, 2.24) is 0 Å². The molecule has 0 radical (unpaired) electrons. The van der Waals surface area contributed by atoms with Crippen molar-refractivity contribution in [3.63, 3.8) is 0 Å². The Morgan fingerprint density at radius 3 is 2.31 bits per heavy atom. The third-order valence-corrected chi connectivity index (χ3v) is 5.98. The lowest BCUT2D eigenvalue weighted by Gasteiger charge is -2.40. The van der Waals surface area contributed by atoms with Gasteiger partial charge in [0.25, 0.3) is 0 Å². The van der Waals surface area contributed by atoms with Crippen molar-refractivity contribution in [3.05, 3.63) is 0 Å². The van der Waals surface area contributed by atoms with Crippen LogP contribution in [0.1, 0.15) is 32.6 Å². The van der Waals surface area contributed by atoms with Gasteiger partial charge in [0.15, 0.2) is 0 Å². The summed E-state index contributed by atoms with van der Waals surface area (Å²) in [6.45, 7) is 1.72. The predicted molar refractivity (Wildman–Crippen MR) is 59.0 cm³/mol. The standard InChI is InChI=1S/C9H17BrO2S/c1-2-13(11,12)7-6-9(8-10)4-3-5-9/h2-8H2,1H3. The summed E-state index contributed by atoms with van der Waals surface area (Å²) >= 11 is 3.48. The van der Waals surface area contributed by atoms with Gasteiger partial charge in [-0.3, -0.25) is 0 Å². The van der Waals surface area contributed by atoms with Crippen molar-refractivity contribution in [2.24, 2.45) is 5.41 Å². The second-order valence-electron chi connectivity index (χ2n) is 3.97. The maximum absolute atomic E-state index is 11.3. The molecule has 0 saturated heterocycles. The van der Waals surface area contributed by atoms with Gasteiger partial charge in [-0.15, -0.1) is 0 Å². The van der Waals surface area contributed by atoms with Crippen LogP contribution in [0.15, 0.2) is 0 Å². The Labute approximate surface area is 89.1 Å². The summed E-state index contributed by atoms with van der Waals surface area (Å²) in [5.41, 5.74) is 0.308. The first-order valence-electron chi connectivity index (χ1n) is 4.80. The SMILES string of the molecule is CCS(=O)(=O)CCC1(CBr)CCC1. The lowest BCUT2D eigenvalue weighted by Crippen LogP contribution is -2.33. The van der Waals surface area contributed by atoms with Crippen LogP contribution in [-0.2, 0) is 9.84 Å². The van der Waals surface area contributed by atoms with Gasteiger partial charge >= 0.3 is 0 Å². The molecule has 0 spiro atoms. The van der Waals surface area contributed by atoms with Crippen LogP contribution in [0.2, 0.25) is 0 Å². The molecule has 78 valence electrons. The molecule has 1 aliphatic carbocycles. The van der Waals surface area contributed by atoms with E-state index in [1.807, 2.05) is 0 Å². The van der Waals surface area contributed by atoms with Gasteiger partial charge in [0.2, 0.25) is 0 Å². The fourth-order valence-electron chi connectivity index (χ4n) is 1.64. The highest BCUT2D eigenvalue weighted by atomic mass is 79.9. The molecule has 13 heavy (non-hydrogen) atoms. The molecule has 0 aliphatic heterocycles. The Morgan fingerprint density at radius 1 is 1.38 bits per heavy atom. The van der Waals surface area contributed by atoms with Gasteiger partial charge in [-0.1, -0.05) is 29.3 Å². The van der Waals surface area contributed by atoms with Crippen LogP contribution in [-0.4, -0.2) is 25.3 Å². The summed E-state index contributed by atoms with van der Waals surface area (Å²) in [6, 6.07) is 0. The molecular formula is C9H17BrO2S. The van der Waals surface area contributed by atoms with Crippen LogP contribution in [0.25, 0.3) is 0 Å². The Morgan fingerprint density at radius 2 is 2.00 bits per heavy atom. The van der Waals surface area contributed by atoms with Crippen LogP contribution in [0.3, 0.4) is 0 Å². The number of alkyl halides is 1. The summed E-state index contributed by atoms with van der Waals surface area (Å²) in [7, 11) is -2.76. The van der Waals surface area contributed by atoms with Crippen molar-refractivity contribution in [2.75, 3.05) is 16.8 Å². The van der Waals surface area contributed by atoms with E-state index in [-0.39, 0.29) is 5.75 Å². The lowest BCUT2D eigenvalue weighted by atomic mass is 9.69. The van der Waals surface area contributed by atoms with E-state index in [0.717, 1.165) is 11.8 Å². The smallest absolute Gasteiger partial charge is 0.150 e. The molecule has 0 heterocycles. The number of sulfone groups is 1. The topological polar surface area (TPSA) is 34.1 Å². The number of halogens is 1. The maximum atomic E-state index is 11.3. The minimum atomic E-state index is -2.76. The molecule has 0 unspecified atom stereocenters. The highest BCUT2D eigenvalue weighted by Gasteiger charge is 2.36. The monoisotopic (exact) mass is 268 g/mol. The zero-order valence-electron chi connectivity index (χ0n) is 8.05. The van der Waals surface area contributed by atoms with Gasteiger partial charge in [-0.25, -0.2) is 8.42 Å². The van der Waals surface area contributed by atoms with Crippen molar-refractivity contribution < 1.29 is 8.42 Å². The molecule has 1 rings (SSSR count). The van der Waals surface area contributed by atoms with Crippen molar-refractivity contribution in [3.8, 4) is 0 Å². The van der Waals surface area contributed by atoms with E-state index in [1.165, 1.54) is 19.3 Å². The van der Waals surface area contributed by atoms with E-state index < -0.39 is 9.84 Å². The summed E-state index contributed by atoms with van der Waals surface area (Å²) in [5.74, 6) is 0.653. The lowest BCUT2D eigenvalue weighted by molar-refractivity contribution is 0.164. The highest BCUT2D eigenvalue weighted by molar-refractivity contribution is 9.09. The molecule has 0 aromatic carbocycles. The molecule has 4 heteroatoms. The van der Waals surface area contributed by atoms with E-state index >= 15 is 0 Å². The van der Waals surface area contributed by atoms with E-state index in [4.69, 9.17) is 0 Å². The summed E-state index contributed by atoms with van der Waals surface area (Å²) in [6.07, 6.45) is 4.49. The minimum absolute atomic E-state index is 0.283. The Bertz CT molecular complexity index is 249. The number of hydrogen-bond donors (Lipinski definition) is 0. The Kier molecular flexibility index (Phi) is 3.81. The molecule has 0 atom stereocenters. The second-order valence-corrected chi connectivity index (χ2v) is 7.01. The first kappa shape index (κ1) is 11.5. The van der Waals surface area contributed by atoms with Crippen LogP contribution >= 0.6 is 15.9 Å². The summed E-state index contributed by atoms with van der Waals surface area (Å²) in [4.78, 5) is 0. The first-order valence-corrected chi connectivity index (χ1v) is 7.74. The van der Waals surface area contributed by atoms with Crippen LogP contribution in [0, 0.1) is 5.41 Å². The largest absolute Gasteiger partial charge is 0.229 e. The minimum Gasteiger partial charge on any atom is -0.229 e. The van der Waals surface area contributed by atoms with Gasteiger partial charge in [0.1, 0.15) is 9.84 Å². The second kappa shape index (κ2) is 4.30. The van der Waals surface area contributed by atoms with E-state index in [0.29, 0.717) is 11.2 Å². The molecule has 1 aliphatic rings. The van der Waals surface area contributed by atoms with Gasteiger partial charge < -0.3 is 0 Å². The van der Waals surface area contributed by atoms with Crippen molar-refractivity contribution in [1.29, 1.82) is 0 Å². The fourth-order valence-corrected chi connectivity index (χ4v) is 3.52. The third-order valence-electron chi connectivity index (χ3n) is 3.08. The van der Waals surface area contributed by atoms with Crippen molar-refractivity contribution in [2.45, 2.75) is 32.6 Å². The van der Waals surface area contributed by atoms with Gasteiger partial charge in [0.05, 0.1) is 5.75 Å². The average molecular weight is 269 g/mol. The van der Waals surface area contributed by atoms with Crippen LogP contribution in [0.5, 0.6) is 0 Å². The Balaban J connectivity index is 2.41. The van der Waals surface area contributed by atoms with Crippen LogP contribution < -0.4 is 0 Å². The third kappa shape index (κ3) is 2.94. The predicted octanol–water partition coefficient (Wildman–Crippen LogP) is 2.38. The fraction of sp³-hybridized carbons (Fsp3) is 1.00. The normalized spacial score (nSPS) is 21.1. The Hall–Kier alpha value is 0.430. The first-order chi connectivity index (χ1) is 6.04. The zero-order chi connectivity index (χ0) is 9.95. The van der Waals surface area contributed by atoms with E-state index in [9.17, 15) is 8.42 Å². The molecule has 2 nitrogen and oxygen atoms in total. The molecule has 0 bridgehead atoms. The molecule has 1 saturated carbocycles. The molecule has 0 aromatic rings. The van der Waals surface area contributed by atoms with Gasteiger partial charge in [0, 0.05) is 11.1 Å². The zero-order valence-corrected chi connectivity index (χ0v) is 10.5. The average Bonchev–Trinajstić information content (AvgIpc) is 2.03. The van der Waals surface area contributed by atoms with Gasteiger partial charge in [-0.2, -0.15) is 0 Å². The number of hydrogen-bond acceptors (Lipinski definition) is 2. The van der Waals surface area contributed by atoms with Crippen molar-refractivity contribution >= 4 is 25.8 Å². The summed E-state index contributed by atoms with van der Waals surface area (Å²) in [5, 5.41) is 0.958. The molecule has 1 fully saturated rings. The van der Waals surface area contributed by atoms with Gasteiger partial charge in [-0.05, 0) is 24.7 Å². The van der Waals surface area contributed by atoms with E-state index in [2.05, 4.69) is 15.9 Å². The van der Waals surface area contributed by atoms with Crippen LogP contribution in [0.4, 0.5) is 0 Å². The molecule has 0 N–H and O–H groups in total. The maximum Gasteiger partial charge on any atom is 0.150 e. The highest BCUT2D eigenvalue weighted by Crippen LogP contribution is 2.45. The number of rotatable bonds is 5. The molecular weight excluding hydrogens is 252 g/mol. The quantitative estimate of drug-likeness (QED) is 0.718. The molecule has 0 amide bonds. The summed E-state index contributed by atoms with van der Waals surface area (Å²) < 4.78 is 22.6.